The van der Waals surface area contributed by atoms with Gasteiger partial charge in [0.25, 0.3) is 5.91 Å². The van der Waals surface area contributed by atoms with Gasteiger partial charge in [-0.15, -0.1) is 0 Å². The van der Waals surface area contributed by atoms with Crippen molar-refractivity contribution in [2.75, 3.05) is 40.4 Å². The van der Waals surface area contributed by atoms with Crippen LogP contribution in [0.4, 0.5) is 0 Å². The summed E-state index contributed by atoms with van der Waals surface area (Å²) in [5.41, 5.74) is 9.74. The number of phenolic OH excluding ortho intramolecular Hbond substituents is 1. The molecule has 2 fully saturated rings. The molecule has 14 nitrogen and oxygen atoms in total. The average molecular weight is 836 g/mol. The lowest BCUT2D eigenvalue weighted by molar-refractivity contribution is -0.155. The maximum Gasteiger partial charge on any atom is 0.324 e. The molecule has 4 N–H and O–H groups in total. The lowest BCUT2D eigenvalue weighted by Gasteiger charge is -2.37. The molecule has 2 aromatic heterocycles. The van der Waals surface area contributed by atoms with Crippen LogP contribution >= 0.6 is 0 Å². The number of nitrogens with zero attached hydrogens (tertiary/aromatic N) is 4. The van der Waals surface area contributed by atoms with Crippen LogP contribution in [0.25, 0.3) is 33.3 Å². The first-order valence-electron chi connectivity index (χ1n) is 21.6. The monoisotopic (exact) mass is 835 g/mol. The number of ether oxygens (including phenoxy) is 2. The Morgan fingerprint density at radius 1 is 1.11 bits per heavy atom. The van der Waals surface area contributed by atoms with Crippen molar-refractivity contribution in [3.05, 3.63) is 71.5 Å². The maximum atomic E-state index is 14.6. The van der Waals surface area contributed by atoms with Crippen LogP contribution in [-0.4, -0.2) is 107 Å². The van der Waals surface area contributed by atoms with Gasteiger partial charge in [0.05, 0.1) is 30.5 Å². The van der Waals surface area contributed by atoms with Gasteiger partial charge in [-0.05, 0) is 104 Å². The van der Waals surface area contributed by atoms with E-state index in [1.807, 2.05) is 32.0 Å². The molecule has 0 spiro atoms. The van der Waals surface area contributed by atoms with E-state index in [1.165, 1.54) is 9.91 Å². The molecular formula is C47H61N7O7. The Hall–Kier alpha value is -5.31. The SMILES string of the molecule is CCn1c(-c2cccnc2COC)c2c3cc(ccc31)-c1cc(O)cc(c1)C[C@H](NC(=O)[C@H](C(C)C)N(C)C(=O)[C@H]1CCNC1)C(=O)N1CCC[C@H](N1)C(=O)OCC(C)(C)C2. The van der Waals surface area contributed by atoms with Gasteiger partial charge < -0.3 is 34.7 Å². The zero-order valence-corrected chi connectivity index (χ0v) is 36.5. The number of amides is 3. The maximum absolute atomic E-state index is 14.6. The molecule has 2 saturated heterocycles. The molecule has 3 aliphatic heterocycles. The first-order chi connectivity index (χ1) is 29.2. The number of likely N-dealkylation sites (N-methyl/N-ethyl adjacent to an activating group) is 1. The number of fused-ring (bicyclic) bond motifs is 6. The molecule has 7 rings (SSSR count). The van der Waals surface area contributed by atoms with E-state index in [-0.39, 0.29) is 36.5 Å². The minimum Gasteiger partial charge on any atom is -0.508 e. The number of hydrogen-bond donors (Lipinski definition) is 4. The topological polar surface area (TPSA) is 167 Å². The molecule has 61 heavy (non-hydrogen) atoms. The van der Waals surface area contributed by atoms with Crippen molar-refractivity contribution in [2.24, 2.45) is 17.3 Å². The molecule has 2 aromatic carbocycles. The predicted octanol–water partition coefficient (Wildman–Crippen LogP) is 4.98. The fourth-order valence-corrected chi connectivity index (χ4v) is 9.39. The number of hydrazine groups is 1. The summed E-state index contributed by atoms with van der Waals surface area (Å²) in [6.45, 7) is 12.8. The van der Waals surface area contributed by atoms with Crippen LogP contribution in [0.3, 0.4) is 0 Å². The molecule has 3 aliphatic rings. The number of phenols is 1. The largest absolute Gasteiger partial charge is 0.508 e. The number of rotatable bonds is 9. The van der Waals surface area contributed by atoms with E-state index in [1.54, 1.807) is 32.5 Å². The fourth-order valence-electron chi connectivity index (χ4n) is 9.39. The highest BCUT2D eigenvalue weighted by Crippen LogP contribution is 2.41. The standard InChI is InChI=1S/C47H61N7O7/c1-8-53-40-14-13-30-23-35(40)36(42(53)34-11-9-16-49-39(34)26-60-7)24-47(4,5)27-61-46(59)37-12-10-18-54(51-37)45(58)38(21-29-19-32(30)22-33(55)20-29)50-43(56)41(28(2)3)52(6)44(57)31-15-17-48-25-31/h9,11,13-14,16,19-20,22-23,28,31,37-38,41,48,51,55H,8,10,12,15,17-18,21,24-27H2,1-7H3,(H,50,56)/t31-,37-,38-,41-/m0/s1. The molecule has 0 unspecified atom stereocenters. The van der Waals surface area contributed by atoms with Gasteiger partial charge in [0.15, 0.2) is 0 Å². The highest BCUT2D eigenvalue weighted by atomic mass is 16.5. The van der Waals surface area contributed by atoms with E-state index in [2.05, 4.69) is 59.6 Å². The third-order valence-corrected chi connectivity index (χ3v) is 12.3. The summed E-state index contributed by atoms with van der Waals surface area (Å²) in [7, 11) is 3.31. The Morgan fingerprint density at radius 2 is 1.92 bits per heavy atom. The number of benzene rings is 2. The Morgan fingerprint density at radius 3 is 2.64 bits per heavy atom. The second-order valence-corrected chi connectivity index (χ2v) is 18.0. The molecule has 0 saturated carbocycles. The number of aryl methyl sites for hydroxylation is 1. The summed E-state index contributed by atoms with van der Waals surface area (Å²) in [4.78, 5) is 62.5. The van der Waals surface area contributed by atoms with E-state index in [4.69, 9.17) is 14.5 Å². The van der Waals surface area contributed by atoms with Gasteiger partial charge in [0, 0.05) is 68.3 Å². The van der Waals surface area contributed by atoms with E-state index in [0.29, 0.717) is 57.5 Å². The summed E-state index contributed by atoms with van der Waals surface area (Å²) in [6.07, 6.45) is 4.07. The summed E-state index contributed by atoms with van der Waals surface area (Å²) >= 11 is 0. The highest BCUT2D eigenvalue weighted by Gasteiger charge is 2.39. The number of carbonyl (C=O) groups excluding carboxylic acids is 4. The quantitative estimate of drug-likeness (QED) is 0.169. The lowest BCUT2D eigenvalue weighted by atomic mass is 9.84. The van der Waals surface area contributed by atoms with Crippen molar-refractivity contribution in [1.29, 1.82) is 0 Å². The zero-order valence-electron chi connectivity index (χ0n) is 36.5. The van der Waals surface area contributed by atoms with Gasteiger partial charge >= 0.3 is 5.97 Å². The number of hydrogen-bond acceptors (Lipinski definition) is 10. The number of aromatic nitrogens is 2. The molecular weight excluding hydrogens is 775 g/mol. The van der Waals surface area contributed by atoms with Crippen molar-refractivity contribution in [3.8, 4) is 28.1 Å². The number of cyclic esters (lactones) is 1. The van der Waals surface area contributed by atoms with Crippen LogP contribution in [0.5, 0.6) is 5.75 Å². The van der Waals surface area contributed by atoms with E-state index in [0.717, 1.165) is 51.1 Å². The molecule has 5 heterocycles. The van der Waals surface area contributed by atoms with Crippen LogP contribution in [-0.2, 0) is 54.6 Å². The predicted molar refractivity (Wildman–Crippen MR) is 233 cm³/mol. The molecule has 0 radical (unpaired) electrons. The Balaban J connectivity index is 1.34. The number of nitrogens with one attached hydrogen (secondary N) is 3. The summed E-state index contributed by atoms with van der Waals surface area (Å²) < 4.78 is 14.0. The molecule has 0 aliphatic carbocycles. The van der Waals surface area contributed by atoms with Gasteiger partial charge in [-0.25, -0.2) is 5.43 Å². The van der Waals surface area contributed by atoms with Crippen LogP contribution in [0.2, 0.25) is 0 Å². The van der Waals surface area contributed by atoms with E-state index in [9.17, 15) is 24.3 Å². The Labute approximate surface area is 358 Å². The second kappa shape index (κ2) is 18.3. The minimum atomic E-state index is -1.10. The molecule has 326 valence electrons. The first-order valence-corrected chi connectivity index (χ1v) is 21.6. The lowest BCUT2D eigenvalue weighted by Crippen LogP contribution is -2.62. The second-order valence-electron chi connectivity index (χ2n) is 18.0. The van der Waals surface area contributed by atoms with Gasteiger partial charge in [0.1, 0.15) is 23.9 Å². The van der Waals surface area contributed by atoms with Crippen LogP contribution in [0.1, 0.15) is 70.7 Å². The summed E-state index contributed by atoms with van der Waals surface area (Å²) in [5, 5.41) is 19.9. The molecule has 6 bridgehead atoms. The Bertz CT molecular complexity index is 2280. The van der Waals surface area contributed by atoms with Gasteiger partial charge in [-0.3, -0.25) is 29.2 Å². The highest BCUT2D eigenvalue weighted by molar-refractivity contribution is 5.96. The molecule has 14 heteroatoms. The van der Waals surface area contributed by atoms with Crippen molar-refractivity contribution in [3.63, 3.8) is 0 Å². The normalized spacial score (nSPS) is 21.2. The van der Waals surface area contributed by atoms with Crippen molar-refractivity contribution in [2.45, 2.75) is 98.0 Å². The average Bonchev–Trinajstić information content (AvgIpc) is 3.88. The number of aromatic hydroxyl groups is 1. The smallest absolute Gasteiger partial charge is 0.324 e. The fraction of sp³-hybridized carbons (Fsp3) is 0.511. The minimum absolute atomic E-state index is 0.0155. The molecule has 4 aromatic rings. The molecule has 4 atom stereocenters. The van der Waals surface area contributed by atoms with Gasteiger partial charge in [0.2, 0.25) is 11.8 Å². The van der Waals surface area contributed by atoms with Gasteiger partial charge in [-0.2, -0.15) is 0 Å². The van der Waals surface area contributed by atoms with Crippen LogP contribution in [0, 0.1) is 17.3 Å². The number of esters is 1. The van der Waals surface area contributed by atoms with E-state index >= 15 is 0 Å². The first kappa shape index (κ1) is 43.8. The Kier molecular flexibility index (Phi) is 13.2. The zero-order chi connectivity index (χ0) is 43.6. The number of carbonyl (C=O) groups is 4. The van der Waals surface area contributed by atoms with Crippen LogP contribution < -0.4 is 16.1 Å². The molecule has 3 amide bonds. The van der Waals surface area contributed by atoms with Crippen molar-refractivity contribution in [1.82, 2.24) is 35.5 Å². The van der Waals surface area contributed by atoms with Gasteiger partial charge in [-0.1, -0.05) is 39.8 Å². The summed E-state index contributed by atoms with van der Waals surface area (Å²) in [6, 6.07) is 12.8. The third kappa shape index (κ3) is 9.31. The van der Waals surface area contributed by atoms with Crippen molar-refractivity contribution >= 4 is 34.6 Å². The number of methoxy groups -OCH3 is 1. The van der Waals surface area contributed by atoms with Crippen LogP contribution in [0.15, 0.2) is 54.7 Å². The van der Waals surface area contributed by atoms with E-state index < -0.39 is 41.3 Å². The summed E-state index contributed by atoms with van der Waals surface area (Å²) in [5.74, 6) is -1.93. The third-order valence-electron chi connectivity index (χ3n) is 12.3. The van der Waals surface area contributed by atoms with Crippen molar-refractivity contribution < 1.29 is 33.8 Å². The number of pyridine rings is 1.